The third-order valence-corrected chi connectivity index (χ3v) is 3.85. The second-order valence-electron chi connectivity index (χ2n) is 5.93. The molecular formula is C20H18FN3O4. The molecule has 8 heteroatoms. The van der Waals surface area contributed by atoms with E-state index >= 15 is 0 Å². The fraction of sp³-hybridized carbons (Fsp3) is 0.150. The molecule has 144 valence electrons. The van der Waals surface area contributed by atoms with E-state index in [-0.39, 0.29) is 17.1 Å². The standard InChI is InChI=1S/C20H18FN3O4/c1-13-8-9-16(15(21)10-13)22-18(25)12-28-20(26)19-17(27-2)11-24(23-19)14-6-4-3-5-7-14/h3-11H,12H2,1-2H3,(H,22,25). The first-order valence-electron chi connectivity index (χ1n) is 8.40. The molecule has 1 aromatic heterocycles. The predicted molar refractivity (Wildman–Crippen MR) is 100 cm³/mol. The first-order valence-corrected chi connectivity index (χ1v) is 8.40. The molecule has 0 saturated carbocycles. The fourth-order valence-corrected chi connectivity index (χ4v) is 2.47. The van der Waals surface area contributed by atoms with E-state index < -0.39 is 24.3 Å². The molecule has 3 rings (SSSR count). The third-order valence-electron chi connectivity index (χ3n) is 3.85. The number of amides is 1. The normalized spacial score (nSPS) is 10.4. The number of hydrogen-bond acceptors (Lipinski definition) is 5. The summed E-state index contributed by atoms with van der Waals surface area (Å²) in [5, 5.41) is 6.52. The highest BCUT2D eigenvalue weighted by molar-refractivity contribution is 5.95. The maximum absolute atomic E-state index is 13.8. The number of aromatic nitrogens is 2. The average Bonchev–Trinajstić information content (AvgIpc) is 3.13. The van der Waals surface area contributed by atoms with Crippen LogP contribution >= 0.6 is 0 Å². The molecular weight excluding hydrogens is 365 g/mol. The van der Waals surface area contributed by atoms with Gasteiger partial charge in [0, 0.05) is 0 Å². The number of carbonyl (C=O) groups is 2. The van der Waals surface area contributed by atoms with E-state index in [2.05, 4.69) is 10.4 Å². The molecule has 2 aromatic carbocycles. The number of nitrogens with zero attached hydrogens (tertiary/aromatic N) is 2. The van der Waals surface area contributed by atoms with E-state index in [0.717, 1.165) is 11.3 Å². The van der Waals surface area contributed by atoms with Gasteiger partial charge in [0.25, 0.3) is 5.91 Å². The zero-order valence-electron chi connectivity index (χ0n) is 15.3. The van der Waals surface area contributed by atoms with Crippen molar-refractivity contribution in [3.05, 3.63) is 71.8 Å². The molecule has 28 heavy (non-hydrogen) atoms. The smallest absolute Gasteiger partial charge is 0.363 e. The average molecular weight is 383 g/mol. The maximum atomic E-state index is 13.8. The molecule has 1 amide bonds. The Balaban J connectivity index is 1.66. The van der Waals surface area contributed by atoms with E-state index in [4.69, 9.17) is 9.47 Å². The van der Waals surface area contributed by atoms with Gasteiger partial charge in [0.15, 0.2) is 12.4 Å². The molecule has 1 heterocycles. The van der Waals surface area contributed by atoms with Gasteiger partial charge in [0.05, 0.1) is 24.7 Å². The first kappa shape index (κ1) is 19.1. The molecule has 0 aliphatic rings. The number of aryl methyl sites for hydroxylation is 1. The van der Waals surface area contributed by atoms with Gasteiger partial charge in [-0.15, -0.1) is 0 Å². The van der Waals surface area contributed by atoms with Crippen LogP contribution in [0.25, 0.3) is 5.69 Å². The Hall–Kier alpha value is -3.68. The summed E-state index contributed by atoms with van der Waals surface area (Å²) in [5.74, 6) is -1.86. The van der Waals surface area contributed by atoms with Crippen LogP contribution in [0.15, 0.2) is 54.7 Å². The van der Waals surface area contributed by atoms with E-state index in [1.165, 1.54) is 30.1 Å². The number of nitrogens with one attached hydrogen (secondary N) is 1. The summed E-state index contributed by atoms with van der Waals surface area (Å²) in [6.07, 6.45) is 1.54. The van der Waals surface area contributed by atoms with Crippen LogP contribution in [-0.2, 0) is 9.53 Å². The van der Waals surface area contributed by atoms with Gasteiger partial charge in [0.1, 0.15) is 5.82 Å². The SMILES string of the molecule is COc1cn(-c2ccccc2)nc1C(=O)OCC(=O)Nc1ccc(C)cc1F. The van der Waals surface area contributed by atoms with Crippen LogP contribution in [0.4, 0.5) is 10.1 Å². The molecule has 0 aliphatic heterocycles. The highest BCUT2D eigenvalue weighted by atomic mass is 19.1. The minimum absolute atomic E-state index is 0.0117. The highest BCUT2D eigenvalue weighted by Gasteiger charge is 2.21. The van der Waals surface area contributed by atoms with Crippen molar-refractivity contribution in [3.63, 3.8) is 0 Å². The lowest BCUT2D eigenvalue weighted by atomic mass is 10.2. The van der Waals surface area contributed by atoms with Crippen LogP contribution in [0.3, 0.4) is 0 Å². The second kappa shape index (κ2) is 8.34. The van der Waals surface area contributed by atoms with Gasteiger partial charge in [-0.2, -0.15) is 5.10 Å². The molecule has 3 aromatic rings. The van der Waals surface area contributed by atoms with Gasteiger partial charge < -0.3 is 14.8 Å². The van der Waals surface area contributed by atoms with Crippen molar-refractivity contribution in [2.45, 2.75) is 6.92 Å². The molecule has 0 unspecified atom stereocenters. The molecule has 0 fully saturated rings. The summed E-state index contributed by atoms with van der Waals surface area (Å²) in [5.41, 5.74) is 1.40. The van der Waals surface area contributed by atoms with E-state index in [9.17, 15) is 14.0 Å². The molecule has 1 N–H and O–H groups in total. The summed E-state index contributed by atoms with van der Waals surface area (Å²) >= 11 is 0. The Kier molecular flexibility index (Phi) is 5.69. The van der Waals surface area contributed by atoms with Gasteiger partial charge in [-0.25, -0.2) is 13.9 Å². The molecule has 0 atom stereocenters. The van der Waals surface area contributed by atoms with E-state index in [1.54, 1.807) is 13.0 Å². The number of benzene rings is 2. The van der Waals surface area contributed by atoms with E-state index in [0.29, 0.717) is 0 Å². The highest BCUT2D eigenvalue weighted by Crippen LogP contribution is 2.20. The van der Waals surface area contributed by atoms with Crippen LogP contribution in [0.2, 0.25) is 0 Å². The number of halogens is 1. The predicted octanol–water partition coefficient (Wildman–Crippen LogP) is 3.12. The minimum atomic E-state index is -0.828. The largest absolute Gasteiger partial charge is 0.493 e. The summed E-state index contributed by atoms with van der Waals surface area (Å²) in [4.78, 5) is 24.3. The number of hydrogen-bond donors (Lipinski definition) is 1. The van der Waals surface area contributed by atoms with Crippen molar-refractivity contribution in [1.82, 2.24) is 9.78 Å². The molecule has 0 saturated heterocycles. The van der Waals surface area contributed by atoms with Crippen LogP contribution in [0.1, 0.15) is 16.1 Å². The van der Waals surface area contributed by atoms with Crippen molar-refractivity contribution in [3.8, 4) is 11.4 Å². The van der Waals surface area contributed by atoms with Crippen LogP contribution in [-0.4, -0.2) is 35.4 Å². The van der Waals surface area contributed by atoms with E-state index in [1.807, 2.05) is 30.3 Å². The van der Waals surface area contributed by atoms with Crippen molar-refractivity contribution >= 4 is 17.6 Å². The molecule has 0 aliphatic carbocycles. The Morgan fingerprint density at radius 2 is 1.93 bits per heavy atom. The number of carbonyl (C=O) groups excluding carboxylic acids is 2. The number of anilines is 1. The fourth-order valence-electron chi connectivity index (χ4n) is 2.47. The third kappa shape index (κ3) is 4.35. The summed E-state index contributed by atoms with van der Waals surface area (Å²) in [6, 6.07) is 13.5. The Morgan fingerprint density at radius 1 is 1.18 bits per heavy atom. The Morgan fingerprint density at radius 3 is 2.61 bits per heavy atom. The number of esters is 1. The maximum Gasteiger partial charge on any atom is 0.363 e. The van der Waals surface area contributed by atoms with Crippen LogP contribution < -0.4 is 10.1 Å². The topological polar surface area (TPSA) is 82.5 Å². The zero-order chi connectivity index (χ0) is 20.1. The van der Waals surface area contributed by atoms with Gasteiger partial charge >= 0.3 is 5.97 Å². The second-order valence-corrected chi connectivity index (χ2v) is 5.93. The molecule has 7 nitrogen and oxygen atoms in total. The number of methoxy groups -OCH3 is 1. The minimum Gasteiger partial charge on any atom is -0.493 e. The monoisotopic (exact) mass is 383 g/mol. The van der Waals surface area contributed by atoms with Crippen LogP contribution in [0, 0.1) is 12.7 Å². The lowest BCUT2D eigenvalue weighted by molar-refractivity contribution is -0.119. The lowest BCUT2D eigenvalue weighted by Gasteiger charge is -2.07. The van der Waals surface area contributed by atoms with Crippen LogP contribution in [0.5, 0.6) is 5.75 Å². The first-order chi connectivity index (χ1) is 13.5. The van der Waals surface area contributed by atoms with Crippen molar-refractivity contribution in [2.75, 3.05) is 19.0 Å². The van der Waals surface area contributed by atoms with Crippen molar-refractivity contribution in [1.29, 1.82) is 0 Å². The molecule has 0 spiro atoms. The number of para-hydroxylation sites is 1. The summed E-state index contributed by atoms with van der Waals surface area (Å²) in [6.45, 7) is 1.14. The number of rotatable bonds is 6. The summed E-state index contributed by atoms with van der Waals surface area (Å²) in [7, 11) is 1.40. The van der Waals surface area contributed by atoms with Crippen molar-refractivity contribution < 1.29 is 23.5 Å². The quantitative estimate of drug-likeness (QED) is 0.662. The lowest BCUT2D eigenvalue weighted by Crippen LogP contribution is -2.22. The van der Waals surface area contributed by atoms with Crippen molar-refractivity contribution in [2.24, 2.45) is 0 Å². The van der Waals surface area contributed by atoms with Gasteiger partial charge in [-0.3, -0.25) is 4.79 Å². The Bertz CT molecular complexity index is 1000. The molecule has 0 radical (unpaired) electrons. The molecule has 0 bridgehead atoms. The van der Waals surface area contributed by atoms with Gasteiger partial charge in [0.2, 0.25) is 5.69 Å². The summed E-state index contributed by atoms with van der Waals surface area (Å²) < 4.78 is 25.4. The van der Waals surface area contributed by atoms with Gasteiger partial charge in [-0.1, -0.05) is 24.3 Å². The Labute approximate surface area is 160 Å². The zero-order valence-corrected chi connectivity index (χ0v) is 15.3. The van der Waals surface area contributed by atoms with Gasteiger partial charge in [-0.05, 0) is 36.8 Å². The number of ether oxygens (including phenoxy) is 2.